The first-order valence-corrected chi connectivity index (χ1v) is 5.06. The van der Waals surface area contributed by atoms with E-state index in [9.17, 15) is 22.8 Å². The molecule has 0 atom stereocenters. The highest BCUT2D eigenvalue weighted by Gasteiger charge is 2.31. The Hall–Kier alpha value is -2.25. The number of alkyl halides is 2. The Labute approximate surface area is 106 Å². The number of hydrogen-bond acceptors (Lipinski definition) is 3. The third kappa shape index (κ3) is 4.86. The molecule has 0 saturated carbocycles. The molecular formula is C11H10F3NO4. The number of nitrogens with one attached hydrogen (secondary N) is 1. The molecule has 1 rings (SSSR count). The zero-order valence-corrected chi connectivity index (χ0v) is 9.53. The largest absolute Gasteiger partial charge is 0.484 e. The fourth-order valence-electron chi connectivity index (χ4n) is 1.15. The standard InChI is InChI=1S/C11H10F3NO4/c12-8-3-7(4-16)1-2-9(8)19-6-11(13,14)5-15-10(17)18/h1-4,15H,5-6H2,(H,17,18). The van der Waals surface area contributed by atoms with Gasteiger partial charge >= 0.3 is 6.09 Å². The predicted octanol–water partition coefficient (Wildman–Crippen LogP) is 1.92. The number of rotatable bonds is 6. The van der Waals surface area contributed by atoms with Gasteiger partial charge in [-0.15, -0.1) is 0 Å². The van der Waals surface area contributed by atoms with Crippen molar-refractivity contribution >= 4 is 12.4 Å². The second-order valence-electron chi connectivity index (χ2n) is 3.61. The zero-order chi connectivity index (χ0) is 14.5. The molecule has 1 amide bonds. The van der Waals surface area contributed by atoms with E-state index in [4.69, 9.17) is 5.11 Å². The minimum atomic E-state index is -3.48. The van der Waals surface area contributed by atoms with Crippen molar-refractivity contribution < 1.29 is 32.6 Å². The summed E-state index contributed by atoms with van der Waals surface area (Å²) in [6.45, 7) is -2.33. The summed E-state index contributed by atoms with van der Waals surface area (Å²) in [5.74, 6) is -4.87. The molecule has 0 bridgehead atoms. The van der Waals surface area contributed by atoms with Gasteiger partial charge in [-0.1, -0.05) is 0 Å². The molecule has 0 saturated heterocycles. The van der Waals surface area contributed by atoms with Crippen LogP contribution in [0.4, 0.5) is 18.0 Å². The van der Waals surface area contributed by atoms with Crippen LogP contribution in [0.2, 0.25) is 0 Å². The fraction of sp³-hybridized carbons (Fsp3) is 0.273. The van der Waals surface area contributed by atoms with E-state index in [2.05, 4.69) is 4.74 Å². The van der Waals surface area contributed by atoms with E-state index in [-0.39, 0.29) is 5.56 Å². The van der Waals surface area contributed by atoms with Crippen LogP contribution in [0.15, 0.2) is 18.2 Å². The Morgan fingerprint density at radius 2 is 2.16 bits per heavy atom. The lowest BCUT2D eigenvalue weighted by Crippen LogP contribution is -2.40. The second-order valence-corrected chi connectivity index (χ2v) is 3.61. The van der Waals surface area contributed by atoms with Gasteiger partial charge in [0.15, 0.2) is 18.2 Å². The summed E-state index contributed by atoms with van der Waals surface area (Å²) in [5.41, 5.74) is 0.0455. The van der Waals surface area contributed by atoms with Crippen molar-refractivity contribution in [1.29, 1.82) is 0 Å². The lowest BCUT2D eigenvalue weighted by Gasteiger charge is -2.17. The fourth-order valence-corrected chi connectivity index (χ4v) is 1.15. The molecule has 1 aromatic rings. The highest BCUT2D eigenvalue weighted by molar-refractivity contribution is 5.74. The van der Waals surface area contributed by atoms with Crippen LogP contribution in [0.3, 0.4) is 0 Å². The summed E-state index contributed by atoms with van der Waals surface area (Å²) in [6.07, 6.45) is -1.20. The van der Waals surface area contributed by atoms with E-state index in [0.717, 1.165) is 12.1 Å². The lowest BCUT2D eigenvalue weighted by molar-refractivity contribution is -0.0386. The Bertz CT molecular complexity index is 479. The summed E-state index contributed by atoms with van der Waals surface area (Å²) in [6, 6.07) is 3.09. The van der Waals surface area contributed by atoms with Gasteiger partial charge in [0.1, 0.15) is 6.29 Å². The molecule has 0 aromatic heterocycles. The van der Waals surface area contributed by atoms with Gasteiger partial charge in [-0.05, 0) is 18.2 Å². The number of halogens is 3. The van der Waals surface area contributed by atoms with Crippen molar-refractivity contribution in [3.8, 4) is 5.75 Å². The van der Waals surface area contributed by atoms with Gasteiger partial charge in [0.2, 0.25) is 0 Å². The molecular weight excluding hydrogens is 267 g/mol. The summed E-state index contributed by atoms with van der Waals surface area (Å²) in [5, 5.41) is 9.69. The van der Waals surface area contributed by atoms with Crippen molar-refractivity contribution in [3.63, 3.8) is 0 Å². The van der Waals surface area contributed by atoms with Crippen LogP contribution in [-0.4, -0.2) is 36.6 Å². The second kappa shape index (κ2) is 6.07. The third-order valence-electron chi connectivity index (χ3n) is 2.03. The minimum absolute atomic E-state index is 0.0455. The molecule has 19 heavy (non-hydrogen) atoms. The van der Waals surface area contributed by atoms with Crippen LogP contribution in [0.5, 0.6) is 5.75 Å². The first-order valence-electron chi connectivity index (χ1n) is 5.06. The Morgan fingerprint density at radius 3 is 2.68 bits per heavy atom. The maximum atomic E-state index is 13.3. The predicted molar refractivity (Wildman–Crippen MR) is 58.3 cm³/mol. The Morgan fingerprint density at radius 1 is 1.47 bits per heavy atom. The van der Waals surface area contributed by atoms with Crippen LogP contribution in [0.25, 0.3) is 0 Å². The van der Waals surface area contributed by atoms with Crippen molar-refractivity contribution in [2.45, 2.75) is 5.92 Å². The monoisotopic (exact) mass is 277 g/mol. The molecule has 0 unspecified atom stereocenters. The first-order chi connectivity index (χ1) is 8.84. The maximum Gasteiger partial charge on any atom is 0.404 e. The van der Waals surface area contributed by atoms with Crippen LogP contribution >= 0.6 is 0 Å². The Kier molecular flexibility index (Phi) is 4.74. The molecule has 0 heterocycles. The summed E-state index contributed by atoms with van der Waals surface area (Å²) >= 11 is 0. The van der Waals surface area contributed by atoms with Gasteiger partial charge in [-0.3, -0.25) is 4.79 Å². The summed E-state index contributed by atoms with van der Waals surface area (Å²) < 4.78 is 44.1. The van der Waals surface area contributed by atoms with Crippen molar-refractivity contribution in [2.24, 2.45) is 0 Å². The van der Waals surface area contributed by atoms with Crippen molar-refractivity contribution in [1.82, 2.24) is 5.32 Å². The zero-order valence-electron chi connectivity index (χ0n) is 9.53. The van der Waals surface area contributed by atoms with E-state index in [1.807, 2.05) is 0 Å². The van der Waals surface area contributed by atoms with Gasteiger partial charge in [-0.25, -0.2) is 18.0 Å². The molecule has 0 aliphatic rings. The molecule has 1 aromatic carbocycles. The smallest absolute Gasteiger partial charge is 0.404 e. The molecule has 0 aliphatic carbocycles. The molecule has 0 aliphatic heterocycles. The van der Waals surface area contributed by atoms with E-state index >= 15 is 0 Å². The number of carboxylic acid groups (broad SMARTS) is 1. The van der Waals surface area contributed by atoms with E-state index in [1.165, 1.54) is 11.4 Å². The number of hydrogen-bond donors (Lipinski definition) is 2. The topological polar surface area (TPSA) is 75.6 Å². The molecule has 8 heteroatoms. The quantitative estimate of drug-likeness (QED) is 0.779. The first kappa shape index (κ1) is 14.8. The molecule has 0 radical (unpaired) electrons. The minimum Gasteiger partial charge on any atom is -0.484 e. The summed E-state index contributed by atoms with van der Waals surface area (Å²) in [7, 11) is 0. The molecule has 2 N–H and O–H groups in total. The molecule has 5 nitrogen and oxygen atoms in total. The highest BCUT2D eigenvalue weighted by Crippen LogP contribution is 2.21. The van der Waals surface area contributed by atoms with Crippen LogP contribution in [0.1, 0.15) is 10.4 Å². The van der Waals surface area contributed by atoms with Crippen LogP contribution in [0, 0.1) is 5.82 Å². The van der Waals surface area contributed by atoms with Gasteiger partial charge < -0.3 is 15.2 Å². The van der Waals surface area contributed by atoms with Gasteiger partial charge in [0, 0.05) is 5.56 Å². The van der Waals surface area contributed by atoms with E-state index in [1.54, 1.807) is 0 Å². The van der Waals surface area contributed by atoms with Crippen LogP contribution in [-0.2, 0) is 0 Å². The summed E-state index contributed by atoms with van der Waals surface area (Å²) in [4.78, 5) is 20.4. The van der Waals surface area contributed by atoms with Gasteiger partial charge in [0.25, 0.3) is 5.92 Å². The van der Waals surface area contributed by atoms with Crippen LogP contribution < -0.4 is 10.1 Å². The Balaban J connectivity index is 2.60. The number of carbonyl (C=O) groups excluding carboxylic acids is 1. The third-order valence-corrected chi connectivity index (χ3v) is 2.03. The average Bonchev–Trinajstić information content (AvgIpc) is 2.35. The number of aldehydes is 1. The number of carbonyl (C=O) groups is 2. The normalized spacial score (nSPS) is 10.9. The number of amides is 1. The van der Waals surface area contributed by atoms with Crippen molar-refractivity contribution in [3.05, 3.63) is 29.6 Å². The van der Waals surface area contributed by atoms with Gasteiger partial charge in [-0.2, -0.15) is 0 Å². The lowest BCUT2D eigenvalue weighted by atomic mass is 10.2. The molecule has 0 fully saturated rings. The maximum absolute atomic E-state index is 13.3. The van der Waals surface area contributed by atoms with E-state index in [0.29, 0.717) is 6.29 Å². The molecule has 0 spiro atoms. The average molecular weight is 277 g/mol. The SMILES string of the molecule is O=Cc1ccc(OCC(F)(F)CNC(=O)O)c(F)c1. The number of benzene rings is 1. The molecule has 104 valence electrons. The van der Waals surface area contributed by atoms with Gasteiger partial charge in [0.05, 0.1) is 6.54 Å². The highest BCUT2D eigenvalue weighted by atomic mass is 19.3. The van der Waals surface area contributed by atoms with Crippen molar-refractivity contribution in [2.75, 3.05) is 13.2 Å². The van der Waals surface area contributed by atoms with E-state index < -0.39 is 36.7 Å². The number of ether oxygens (including phenoxy) is 1.